The zero-order chi connectivity index (χ0) is 11.4. The predicted octanol–water partition coefficient (Wildman–Crippen LogP) is 2.96. The van der Waals surface area contributed by atoms with E-state index in [0.717, 1.165) is 31.0 Å². The predicted molar refractivity (Wildman–Crippen MR) is 67.3 cm³/mol. The molecule has 2 aliphatic rings. The minimum absolute atomic E-state index is 0.454. The van der Waals surface area contributed by atoms with Crippen LogP contribution in [0.1, 0.15) is 51.9 Å². The SMILES string of the molecule is CC1CCC(C(N)CC2CCOCC2)CC1. The molecule has 1 aliphatic heterocycles. The van der Waals surface area contributed by atoms with Crippen molar-refractivity contribution in [3.05, 3.63) is 0 Å². The molecular formula is C14H27NO. The number of nitrogens with two attached hydrogens (primary N) is 1. The van der Waals surface area contributed by atoms with Crippen molar-refractivity contribution in [3.63, 3.8) is 0 Å². The molecular weight excluding hydrogens is 198 g/mol. The summed E-state index contributed by atoms with van der Waals surface area (Å²) in [7, 11) is 0. The summed E-state index contributed by atoms with van der Waals surface area (Å²) in [5.41, 5.74) is 6.38. The van der Waals surface area contributed by atoms with Crippen LogP contribution in [0.3, 0.4) is 0 Å². The van der Waals surface area contributed by atoms with Gasteiger partial charge in [0.25, 0.3) is 0 Å². The lowest BCUT2D eigenvalue weighted by molar-refractivity contribution is 0.0583. The van der Waals surface area contributed by atoms with Crippen molar-refractivity contribution >= 4 is 0 Å². The van der Waals surface area contributed by atoms with Crippen LogP contribution in [0.4, 0.5) is 0 Å². The fourth-order valence-corrected chi connectivity index (χ4v) is 3.27. The Hall–Kier alpha value is -0.0800. The van der Waals surface area contributed by atoms with Gasteiger partial charge in [0, 0.05) is 19.3 Å². The number of hydrogen-bond donors (Lipinski definition) is 1. The Morgan fingerprint density at radius 1 is 1.06 bits per heavy atom. The summed E-state index contributed by atoms with van der Waals surface area (Å²) in [6, 6.07) is 0.454. The lowest BCUT2D eigenvalue weighted by atomic mass is 9.76. The summed E-state index contributed by atoms with van der Waals surface area (Å²) in [4.78, 5) is 0. The van der Waals surface area contributed by atoms with Crippen LogP contribution >= 0.6 is 0 Å². The minimum atomic E-state index is 0.454. The van der Waals surface area contributed by atoms with Crippen molar-refractivity contribution in [3.8, 4) is 0 Å². The lowest BCUT2D eigenvalue weighted by Gasteiger charge is -2.33. The van der Waals surface area contributed by atoms with Gasteiger partial charge in [-0.3, -0.25) is 0 Å². The molecule has 0 aromatic heterocycles. The molecule has 0 amide bonds. The molecule has 0 bridgehead atoms. The highest BCUT2D eigenvalue weighted by molar-refractivity contribution is 4.81. The monoisotopic (exact) mass is 225 g/mol. The maximum Gasteiger partial charge on any atom is 0.0468 e. The van der Waals surface area contributed by atoms with Crippen LogP contribution in [-0.4, -0.2) is 19.3 Å². The Morgan fingerprint density at radius 2 is 1.69 bits per heavy atom. The number of hydrogen-bond acceptors (Lipinski definition) is 2. The third kappa shape index (κ3) is 3.46. The third-order valence-electron chi connectivity index (χ3n) is 4.61. The maximum absolute atomic E-state index is 6.38. The zero-order valence-corrected chi connectivity index (χ0v) is 10.7. The molecule has 0 aromatic carbocycles. The molecule has 1 aliphatic carbocycles. The van der Waals surface area contributed by atoms with Crippen LogP contribution in [0.5, 0.6) is 0 Å². The van der Waals surface area contributed by atoms with Crippen LogP contribution in [0.15, 0.2) is 0 Å². The van der Waals surface area contributed by atoms with Gasteiger partial charge >= 0.3 is 0 Å². The molecule has 2 heteroatoms. The van der Waals surface area contributed by atoms with Gasteiger partial charge in [-0.15, -0.1) is 0 Å². The molecule has 2 nitrogen and oxygen atoms in total. The molecule has 94 valence electrons. The largest absolute Gasteiger partial charge is 0.381 e. The van der Waals surface area contributed by atoms with E-state index in [2.05, 4.69) is 6.92 Å². The molecule has 1 heterocycles. The van der Waals surface area contributed by atoms with E-state index in [9.17, 15) is 0 Å². The molecule has 1 unspecified atom stereocenters. The summed E-state index contributed by atoms with van der Waals surface area (Å²) < 4.78 is 5.40. The standard InChI is InChI=1S/C14H27NO/c1-11-2-4-13(5-3-11)14(15)10-12-6-8-16-9-7-12/h11-14H,2-10,15H2,1H3. The molecule has 2 rings (SSSR count). The van der Waals surface area contributed by atoms with Gasteiger partial charge < -0.3 is 10.5 Å². The van der Waals surface area contributed by atoms with Gasteiger partial charge in [0.15, 0.2) is 0 Å². The Balaban J connectivity index is 1.72. The Morgan fingerprint density at radius 3 is 2.31 bits per heavy atom. The average Bonchev–Trinajstić information content (AvgIpc) is 2.31. The van der Waals surface area contributed by atoms with E-state index in [1.165, 1.54) is 44.9 Å². The Labute approximate surface area is 99.9 Å². The van der Waals surface area contributed by atoms with Crippen molar-refractivity contribution in [2.45, 2.75) is 57.9 Å². The van der Waals surface area contributed by atoms with Gasteiger partial charge in [-0.1, -0.05) is 19.8 Å². The van der Waals surface area contributed by atoms with Crippen molar-refractivity contribution in [2.75, 3.05) is 13.2 Å². The van der Waals surface area contributed by atoms with Gasteiger partial charge in [0.2, 0.25) is 0 Å². The molecule has 2 N–H and O–H groups in total. The Kier molecular flexibility index (Phi) is 4.66. The van der Waals surface area contributed by atoms with Gasteiger partial charge in [-0.25, -0.2) is 0 Å². The van der Waals surface area contributed by atoms with E-state index in [0.29, 0.717) is 6.04 Å². The van der Waals surface area contributed by atoms with E-state index in [4.69, 9.17) is 10.5 Å². The van der Waals surface area contributed by atoms with Gasteiger partial charge in [-0.05, 0) is 49.9 Å². The van der Waals surface area contributed by atoms with Gasteiger partial charge in [0.1, 0.15) is 0 Å². The molecule has 0 aromatic rings. The first kappa shape index (κ1) is 12.4. The van der Waals surface area contributed by atoms with Crippen LogP contribution < -0.4 is 5.73 Å². The van der Waals surface area contributed by atoms with E-state index in [1.54, 1.807) is 0 Å². The van der Waals surface area contributed by atoms with Crippen LogP contribution in [0.2, 0.25) is 0 Å². The van der Waals surface area contributed by atoms with Crippen LogP contribution in [0.25, 0.3) is 0 Å². The number of rotatable bonds is 3. The quantitative estimate of drug-likeness (QED) is 0.801. The average molecular weight is 225 g/mol. The second-order valence-corrected chi connectivity index (χ2v) is 5.98. The Bertz CT molecular complexity index is 193. The lowest BCUT2D eigenvalue weighted by Crippen LogP contribution is -2.35. The summed E-state index contributed by atoms with van der Waals surface area (Å²) in [6.45, 7) is 4.29. The van der Waals surface area contributed by atoms with E-state index in [1.807, 2.05) is 0 Å². The molecule has 0 spiro atoms. The first-order valence-corrected chi connectivity index (χ1v) is 7.09. The molecule has 0 radical (unpaired) electrons. The normalized spacial score (nSPS) is 34.9. The second kappa shape index (κ2) is 6.02. The van der Waals surface area contributed by atoms with Crippen molar-refractivity contribution < 1.29 is 4.74 Å². The van der Waals surface area contributed by atoms with E-state index >= 15 is 0 Å². The fourth-order valence-electron chi connectivity index (χ4n) is 3.27. The summed E-state index contributed by atoms with van der Waals surface area (Å²) in [6.07, 6.45) is 9.23. The highest BCUT2D eigenvalue weighted by atomic mass is 16.5. The first-order chi connectivity index (χ1) is 7.75. The smallest absolute Gasteiger partial charge is 0.0468 e. The summed E-state index contributed by atoms with van der Waals surface area (Å²) in [5, 5.41) is 0. The van der Waals surface area contributed by atoms with Crippen molar-refractivity contribution in [1.29, 1.82) is 0 Å². The van der Waals surface area contributed by atoms with Crippen molar-refractivity contribution in [1.82, 2.24) is 0 Å². The molecule has 16 heavy (non-hydrogen) atoms. The van der Waals surface area contributed by atoms with E-state index < -0.39 is 0 Å². The maximum atomic E-state index is 6.38. The molecule has 1 atom stereocenters. The van der Waals surface area contributed by atoms with E-state index in [-0.39, 0.29) is 0 Å². The number of ether oxygens (including phenoxy) is 1. The zero-order valence-electron chi connectivity index (χ0n) is 10.7. The van der Waals surface area contributed by atoms with Gasteiger partial charge in [0.05, 0.1) is 0 Å². The molecule has 2 fully saturated rings. The van der Waals surface area contributed by atoms with Crippen LogP contribution in [0, 0.1) is 17.8 Å². The van der Waals surface area contributed by atoms with Crippen LogP contribution in [-0.2, 0) is 4.74 Å². The molecule has 1 saturated carbocycles. The van der Waals surface area contributed by atoms with Crippen molar-refractivity contribution in [2.24, 2.45) is 23.5 Å². The topological polar surface area (TPSA) is 35.2 Å². The molecule has 1 saturated heterocycles. The fraction of sp³-hybridized carbons (Fsp3) is 1.00. The minimum Gasteiger partial charge on any atom is -0.381 e. The second-order valence-electron chi connectivity index (χ2n) is 5.98. The highest BCUT2D eigenvalue weighted by Crippen LogP contribution is 2.32. The highest BCUT2D eigenvalue weighted by Gasteiger charge is 2.26. The summed E-state index contributed by atoms with van der Waals surface area (Å²) in [5.74, 6) is 2.58. The summed E-state index contributed by atoms with van der Waals surface area (Å²) >= 11 is 0. The third-order valence-corrected chi connectivity index (χ3v) is 4.61. The van der Waals surface area contributed by atoms with Gasteiger partial charge in [-0.2, -0.15) is 0 Å². The first-order valence-electron chi connectivity index (χ1n) is 7.09.